The van der Waals surface area contributed by atoms with Gasteiger partial charge in [0.15, 0.2) is 5.69 Å². The van der Waals surface area contributed by atoms with Gasteiger partial charge in [-0.3, -0.25) is 0 Å². The minimum absolute atomic E-state index is 0.0619. The fraction of sp³-hybridized carbons (Fsp3) is 0.231. The van der Waals surface area contributed by atoms with Crippen molar-refractivity contribution in [2.45, 2.75) is 19.9 Å². The van der Waals surface area contributed by atoms with Crippen LogP contribution in [0, 0.1) is 0 Å². The monoisotopic (exact) mass is 230 g/mol. The Balaban J connectivity index is 2.64. The summed E-state index contributed by atoms with van der Waals surface area (Å²) < 4.78 is 0. The predicted octanol–water partition coefficient (Wildman–Crippen LogP) is 2.75. The van der Waals surface area contributed by atoms with Crippen molar-refractivity contribution in [3.63, 3.8) is 0 Å². The highest BCUT2D eigenvalue weighted by molar-refractivity contribution is 5.97. The highest BCUT2D eigenvalue weighted by atomic mass is 16.4. The number of hydrogen-bond donors (Lipinski definition) is 2. The van der Waals surface area contributed by atoms with Gasteiger partial charge in [0.25, 0.3) is 0 Å². The Kier molecular flexibility index (Phi) is 2.95. The summed E-state index contributed by atoms with van der Waals surface area (Å²) in [5.74, 6) is -1.01. The fourth-order valence-electron chi connectivity index (χ4n) is 1.72. The topological polar surface area (TPSA) is 62.2 Å². The van der Waals surface area contributed by atoms with Crippen molar-refractivity contribution < 1.29 is 9.90 Å². The molecule has 4 nitrogen and oxygen atoms in total. The zero-order valence-electron chi connectivity index (χ0n) is 9.77. The smallest absolute Gasteiger partial charge is 0.354 e. The van der Waals surface area contributed by atoms with Crippen LogP contribution in [-0.2, 0) is 0 Å². The molecule has 0 aliphatic rings. The third-order valence-electron chi connectivity index (χ3n) is 2.38. The molecule has 0 saturated heterocycles. The molecule has 4 heteroatoms. The average Bonchev–Trinajstić information content (AvgIpc) is 2.28. The van der Waals surface area contributed by atoms with E-state index in [-0.39, 0.29) is 11.7 Å². The Morgan fingerprint density at radius 1 is 1.35 bits per heavy atom. The van der Waals surface area contributed by atoms with Crippen molar-refractivity contribution >= 4 is 22.6 Å². The fourth-order valence-corrected chi connectivity index (χ4v) is 1.72. The van der Waals surface area contributed by atoms with Gasteiger partial charge in [-0.2, -0.15) is 0 Å². The molecule has 0 radical (unpaired) electrons. The first-order valence-corrected chi connectivity index (χ1v) is 5.47. The van der Waals surface area contributed by atoms with Crippen LogP contribution in [0.3, 0.4) is 0 Å². The van der Waals surface area contributed by atoms with Gasteiger partial charge in [-0.25, -0.2) is 9.78 Å². The average molecular weight is 230 g/mol. The normalized spacial score (nSPS) is 10.8. The van der Waals surface area contributed by atoms with E-state index in [2.05, 4.69) is 10.3 Å². The van der Waals surface area contributed by atoms with Gasteiger partial charge in [0.2, 0.25) is 0 Å². The van der Waals surface area contributed by atoms with E-state index in [0.717, 1.165) is 11.1 Å². The first kappa shape index (κ1) is 11.4. The second-order valence-corrected chi connectivity index (χ2v) is 4.18. The van der Waals surface area contributed by atoms with Crippen LogP contribution >= 0.6 is 0 Å². The lowest BCUT2D eigenvalue weighted by Crippen LogP contribution is -2.11. The van der Waals surface area contributed by atoms with E-state index in [1.54, 1.807) is 6.07 Å². The van der Waals surface area contributed by atoms with Crippen molar-refractivity contribution in [3.05, 3.63) is 36.0 Å². The molecule has 1 aromatic carbocycles. The standard InChI is InChI=1S/C13H14N2O2/c1-8(2)14-11-7-12(13(16)17)15-10-6-4-3-5-9(10)11/h3-8H,1-2H3,(H,14,15)(H,16,17). The molecule has 0 amide bonds. The molecule has 0 atom stereocenters. The summed E-state index contributed by atoms with van der Waals surface area (Å²) in [6.45, 7) is 4.02. The number of carbonyl (C=O) groups is 1. The summed E-state index contributed by atoms with van der Waals surface area (Å²) in [5, 5.41) is 13.2. The predicted molar refractivity (Wildman–Crippen MR) is 67.5 cm³/mol. The maximum absolute atomic E-state index is 11.0. The molecule has 2 N–H and O–H groups in total. The van der Waals surface area contributed by atoms with Gasteiger partial charge in [0.05, 0.1) is 5.52 Å². The van der Waals surface area contributed by atoms with Crippen LogP contribution in [0.25, 0.3) is 10.9 Å². The van der Waals surface area contributed by atoms with Crippen molar-refractivity contribution in [1.29, 1.82) is 0 Å². The summed E-state index contributed by atoms with van der Waals surface area (Å²) in [6, 6.07) is 9.31. The van der Waals surface area contributed by atoms with Gasteiger partial charge in [0, 0.05) is 17.1 Å². The molecule has 0 bridgehead atoms. The Labute approximate surface area is 99.3 Å². The Hall–Kier alpha value is -2.10. The second kappa shape index (κ2) is 4.41. The van der Waals surface area contributed by atoms with Gasteiger partial charge in [-0.1, -0.05) is 18.2 Å². The van der Waals surface area contributed by atoms with Crippen molar-refractivity contribution in [1.82, 2.24) is 4.98 Å². The molecule has 17 heavy (non-hydrogen) atoms. The number of pyridine rings is 1. The molecule has 88 valence electrons. The van der Waals surface area contributed by atoms with Crippen LogP contribution in [0.4, 0.5) is 5.69 Å². The van der Waals surface area contributed by atoms with Crippen LogP contribution in [0.15, 0.2) is 30.3 Å². The minimum Gasteiger partial charge on any atom is -0.477 e. The number of nitrogens with zero attached hydrogens (tertiary/aromatic N) is 1. The number of benzene rings is 1. The van der Waals surface area contributed by atoms with E-state index in [0.29, 0.717) is 5.52 Å². The third kappa shape index (κ3) is 2.36. The zero-order valence-corrected chi connectivity index (χ0v) is 9.77. The van der Waals surface area contributed by atoms with Gasteiger partial charge in [-0.05, 0) is 26.0 Å². The number of rotatable bonds is 3. The number of hydrogen-bond acceptors (Lipinski definition) is 3. The molecule has 2 aromatic rings. The van der Waals surface area contributed by atoms with Crippen LogP contribution in [-0.4, -0.2) is 22.1 Å². The summed E-state index contributed by atoms with van der Waals surface area (Å²) in [4.78, 5) is 15.1. The van der Waals surface area contributed by atoms with Crippen LogP contribution in [0.2, 0.25) is 0 Å². The first-order valence-electron chi connectivity index (χ1n) is 5.47. The Morgan fingerprint density at radius 2 is 2.06 bits per heavy atom. The lowest BCUT2D eigenvalue weighted by atomic mass is 10.1. The maximum atomic E-state index is 11.0. The number of anilines is 1. The molecule has 0 aliphatic heterocycles. The largest absolute Gasteiger partial charge is 0.477 e. The van der Waals surface area contributed by atoms with E-state index in [4.69, 9.17) is 5.11 Å². The summed E-state index contributed by atoms with van der Waals surface area (Å²) in [5.41, 5.74) is 1.56. The van der Waals surface area contributed by atoms with Crippen LogP contribution in [0.5, 0.6) is 0 Å². The number of aromatic nitrogens is 1. The number of fused-ring (bicyclic) bond motifs is 1. The zero-order chi connectivity index (χ0) is 12.4. The SMILES string of the molecule is CC(C)Nc1cc(C(=O)O)nc2ccccc12. The van der Waals surface area contributed by atoms with E-state index < -0.39 is 5.97 Å². The molecule has 0 unspecified atom stereocenters. The van der Waals surface area contributed by atoms with E-state index in [1.807, 2.05) is 38.1 Å². The second-order valence-electron chi connectivity index (χ2n) is 4.18. The highest BCUT2D eigenvalue weighted by Crippen LogP contribution is 2.23. The third-order valence-corrected chi connectivity index (χ3v) is 2.38. The van der Waals surface area contributed by atoms with E-state index >= 15 is 0 Å². The van der Waals surface area contributed by atoms with E-state index in [1.165, 1.54) is 0 Å². The number of para-hydroxylation sites is 1. The molecule has 1 heterocycles. The number of aromatic carboxylic acids is 1. The van der Waals surface area contributed by atoms with Gasteiger partial charge < -0.3 is 10.4 Å². The number of nitrogens with one attached hydrogen (secondary N) is 1. The van der Waals surface area contributed by atoms with Gasteiger partial charge >= 0.3 is 5.97 Å². The quantitative estimate of drug-likeness (QED) is 0.851. The van der Waals surface area contributed by atoms with Crippen molar-refractivity contribution in [3.8, 4) is 0 Å². The molecule has 2 rings (SSSR count). The number of carboxylic acid groups (broad SMARTS) is 1. The molecule has 0 saturated carbocycles. The van der Waals surface area contributed by atoms with Crippen molar-refractivity contribution in [2.24, 2.45) is 0 Å². The Bertz CT molecular complexity index is 564. The summed E-state index contributed by atoms with van der Waals surface area (Å²) in [6.07, 6.45) is 0. The molecule has 0 fully saturated rings. The maximum Gasteiger partial charge on any atom is 0.354 e. The summed E-state index contributed by atoms with van der Waals surface area (Å²) >= 11 is 0. The van der Waals surface area contributed by atoms with Crippen LogP contribution in [0.1, 0.15) is 24.3 Å². The number of carboxylic acids is 1. The molecule has 0 aliphatic carbocycles. The van der Waals surface area contributed by atoms with Gasteiger partial charge in [-0.15, -0.1) is 0 Å². The molecular weight excluding hydrogens is 216 g/mol. The molecular formula is C13H14N2O2. The Morgan fingerprint density at radius 3 is 2.71 bits per heavy atom. The van der Waals surface area contributed by atoms with E-state index in [9.17, 15) is 4.79 Å². The molecule has 0 spiro atoms. The van der Waals surface area contributed by atoms with Gasteiger partial charge in [0.1, 0.15) is 0 Å². The highest BCUT2D eigenvalue weighted by Gasteiger charge is 2.10. The minimum atomic E-state index is -1.01. The first-order chi connectivity index (χ1) is 8.08. The van der Waals surface area contributed by atoms with Crippen LogP contribution < -0.4 is 5.32 Å². The molecule has 1 aromatic heterocycles. The van der Waals surface area contributed by atoms with Crippen molar-refractivity contribution in [2.75, 3.05) is 5.32 Å². The lowest BCUT2D eigenvalue weighted by Gasteiger charge is -2.13. The summed E-state index contributed by atoms with van der Waals surface area (Å²) in [7, 11) is 0. The lowest BCUT2D eigenvalue weighted by molar-refractivity contribution is 0.0691.